The van der Waals surface area contributed by atoms with Crippen LogP contribution in [0.15, 0.2) is 29.1 Å². The molecule has 9 nitrogen and oxygen atoms in total. The van der Waals surface area contributed by atoms with Gasteiger partial charge < -0.3 is 15.9 Å². The topological polar surface area (TPSA) is 152 Å². The van der Waals surface area contributed by atoms with E-state index in [4.69, 9.17) is 10.8 Å². The summed E-state index contributed by atoms with van der Waals surface area (Å²) in [6.45, 7) is 0. The smallest absolute Gasteiger partial charge is 0.335 e. The molecule has 1 aromatic carbocycles. The normalized spacial score (nSPS) is 12.9. The van der Waals surface area contributed by atoms with Crippen LogP contribution in [0.25, 0.3) is 5.69 Å². The largest absolute Gasteiger partial charge is 0.506 e. The molecule has 0 radical (unpaired) electrons. The number of phenolic OH excluding ortho intramolecular Hbond substituents is 1. The summed E-state index contributed by atoms with van der Waals surface area (Å²) in [5.41, 5.74) is 4.46. The second-order valence-electron chi connectivity index (χ2n) is 4.78. The van der Waals surface area contributed by atoms with Crippen molar-refractivity contribution in [1.82, 2.24) is 9.88 Å². The molecular weight excluding hydrogens is 306 g/mol. The molecule has 0 aliphatic carbocycles. The summed E-state index contributed by atoms with van der Waals surface area (Å²) in [4.78, 5) is 46.4. The Morgan fingerprint density at radius 3 is 2.43 bits per heavy atom. The number of aromatic carboxylic acids is 1. The quantitative estimate of drug-likeness (QED) is 0.555. The van der Waals surface area contributed by atoms with Crippen molar-refractivity contribution in [3.8, 4) is 11.4 Å². The van der Waals surface area contributed by atoms with Gasteiger partial charge in [-0.1, -0.05) is 0 Å². The van der Waals surface area contributed by atoms with E-state index in [1.165, 1.54) is 12.1 Å². The van der Waals surface area contributed by atoms with Gasteiger partial charge >= 0.3 is 5.97 Å². The van der Waals surface area contributed by atoms with Gasteiger partial charge in [0, 0.05) is 6.07 Å². The van der Waals surface area contributed by atoms with Crippen LogP contribution < -0.4 is 16.6 Å². The Morgan fingerprint density at radius 2 is 1.83 bits per heavy atom. The van der Waals surface area contributed by atoms with Crippen LogP contribution >= 0.6 is 0 Å². The van der Waals surface area contributed by atoms with Crippen molar-refractivity contribution >= 4 is 23.6 Å². The molecule has 1 aliphatic rings. The Kier molecular flexibility index (Phi) is 2.93. The first kappa shape index (κ1) is 14.3. The van der Waals surface area contributed by atoms with Gasteiger partial charge in [0.2, 0.25) is 0 Å². The number of carbonyl (C=O) groups excluding carboxylic acids is 2. The number of nitrogens with one attached hydrogen (secondary N) is 1. The van der Waals surface area contributed by atoms with E-state index in [-0.39, 0.29) is 28.2 Å². The first-order valence-corrected chi connectivity index (χ1v) is 6.29. The lowest BCUT2D eigenvalue weighted by molar-refractivity contribution is 0.0695. The monoisotopic (exact) mass is 315 g/mol. The number of benzene rings is 1. The Bertz CT molecular complexity index is 960. The van der Waals surface area contributed by atoms with Gasteiger partial charge in [-0.2, -0.15) is 0 Å². The molecule has 0 spiro atoms. The van der Waals surface area contributed by atoms with Crippen molar-refractivity contribution in [1.29, 1.82) is 0 Å². The number of aromatic hydroxyl groups is 1. The number of phenols is 1. The molecule has 0 atom stereocenters. The number of nitrogen functional groups attached to an aromatic ring is 1. The molecule has 0 bridgehead atoms. The van der Waals surface area contributed by atoms with E-state index < -0.39 is 29.1 Å². The number of hydrogen-bond acceptors (Lipinski definition) is 6. The molecule has 9 heteroatoms. The number of aromatic nitrogens is 1. The molecule has 23 heavy (non-hydrogen) atoms. The maximum absolute atomic E-state index is 12.2. The Morgan fingerprint density at radius 1 is 1.13 bits per heavy atom. The highest BCUT2D eigenvalue weighted by atomic mass is 16.4. The molecule has 1 aromatic heterocycles. The number of anilines is 1. The number of fused-ring (bicyclic) bond motifs is 1. The lowest BCUT2D eigenvalue weighted by atomic mass is 10.1. The summed E-state index contributed by atoms with van der Waals surface area (Å²) in [6.07, 6.45) is 0. The van der Waals surface area contributed by atoms with Gasteiger partial charge in [-0.3, -0.25) is 24.3 Å². The van der Waals surface area contributed by atoms with Crippen molar-refractivity contribution < 1.29 is 24.6 Å². The fourth-order valence-electron chi connectivity index (χ4n) is 2.37. The standard InChI is InChI=1S/C14H9N3O6/c15-11-10-6(12(20)16-13(10)21)4-9(19)17(11)7-2-1-5(14(22)23)3-8(7)18/h1-4,18H,15H2,(H,22,23)(H,16,20,21). The van der Waals surface area contributed by atoms with Crippen LogP contribution in [0.1, 0.15) is 31.1 Å². The summed E-state index contributed by atoms with van der Waals surface area (Å²) >= 11 is 0. The Labute approximate surface area is 127 Å². The molecule has 2 heterocycles. The first-order valence-electron chi connectivity index (χ1n) is 6.29. The number of rotatable bonds is 2. The van der Waals surface area contributed by atoms with E-state index in [1.807, 2.05) is 5.32 Å². The molecule has 0 unspecified atom stereocenters. The highest BCUT2D eigenvalue weighted by Crippen LogP contribution is 2.27. The van der Waals surface area contributed by atoms with Crippen LogP contribution in [0.5, 0.6) is 5.75 Å². The second-order valence-corrected chi connectivity index (χ2v) is 4.78. The van der Waals surface area contributed by atoms with Crippen LogP contribution in [0.4, 0.5) is 5.82 Å². The molecule has 3 rings (SSSR count). The lowest BCUT2D eigenvalue weighted by Crippen LogP contribution is -2.24. The van der Waals surface area contributed by atoms with Gasteiger partial charge in [-0.05, 0) is 18.2 Å². The molecule has 0 saturated carbocycles. The number of carboxylic acids is 1. The van der Waals surface area contributed by atoms with E-state index in [0.29, 0.717) is 0 Å². The van der Waals surface area contributed by atoms with Crippen molar-refractivity contribution in [2.75, 3.05) is 5.73 Å². The number of imide groups is 1. The van der Waals surface area contributed by atoms with E-state index in [1.54, 1.807) is 0 Å². The maximum Gasteiger partial charge on any atom is 0.335 e. The zero-order chi connectivity index (χ0) is 16.9. The van der Waals surface area contributed by atoms with Crippen LogP contribution in [0.3, 0.4) is 0 Å². The van der Waals surface area contributed by atoms with Crippen LogP contribution in [-0.2, 0) is 0 Å². The Balaban J connectivity index is 2.29. The van der Waals surface area contributed by atoms with Crippen molar-refractivity contribution in [3.63, 3.8) is 0 Å². The zero-order valence-corrected chi connectivity index (χ0v) is 11.4. The van der Waals surface area contributed by atoms with E-state index in [0.717, 1.165) is 16.7 Å². The summed E-state index contributed by atoms with van der Waals surface area (Å²) in [7, 11) is 0. The Hall–Kier alpha value is -3.62. The number of nitrogens with zero attached hydrogens (tertiary/aromatic N) is 1. The summed E-state index contributed by atoms with van der Waals surface area (Å²) in [5, 5.41) is 20.9. The number of nitrogens with two attached hydrogens (primary N) is 1. The molecule has 1 aliphatic heterocycles. The molecule has 2 amide bonds. The number of carboxylic acid groups (broad SMARTS) is 1. The van der Waals surface area contributed by atoms with Crippen molar-refractivity contribution in [2.24, 2.45) is 0 Å². The summed E-state index contributed by atoms with van der Waals surface area (Å²) in [6, 6.07) is 4.22. The minimum atomic E-state index is -1.26. The number of carbonyl (C=O) groups is 3. The summed E-state index contributed by atoms with van der Waals surface area (Å²) in [5.74, 6) is -3.58. The number of pyridine rings is 1. The van der Waals surface area contributed by atoms with E-state index in [2.05, 4.69) is 0 Å². The predicted molar refractivity (Wildman–Crippen MR) is 76.9 cm³/mol. The second kappa shape index (κ2) is 4.70. The van der Waals surface area contributed by atoms with E-state index >= 15 is 0 Å². The number of hydrogen-bond donors (Lipinski definition) is 4. The third kappa shape index (κ3) is 2.02. The van der Waals surface area contributed by atoms with Crippen LogP contribution in [0.2, 0.25) is 0 Å². The molecule has 0 saturated heterocycles. The fourth-order valence-corrected chi connectivity index (χ4v) is 2.37. The third-order valence-electron chi connectivity index (χ3n) is 3.42. The van der Waals surface area contributed by atoms with Crippen molar-refractivity contribution in [2.45, 2.75) is 0 Å². The predicted octanol–water partition coefficient (Wildman–Crippen LogP) is -0.293. The van der Waals surface area contributed by atoms with Gasteiger partial charge in [-0.15, -0.1) is 0 Å². The van der Waals surface area contributed by atoms with Gasteiger partial charge in [0.25, 0.3) is 17.4 Å². The molecular formula is C14H9N3O6. The van der Waals surface area contributed by atoms with Gasteiger partial charge in [-0.25, -0.2) is 4.79 Å². The average Bonchev–Trinajstić information content (AvgIpc) is 2.75. The summed E-state index contributed by atoms with van der Waals surface area (Å²) < 4.78 is 0.831. The fraction of sp³-hybridized carbons (Fsp3) is 0. The maximum atomic E-state index is 12.2. The van der Waals surface area contributed by atoms with Crippen LogP contribution in [0, 0.1) is 0 Å². The van der Waals surface area contributed by atoms with Gasteiger partial charge in [0.15, 0.2) is 0 Å². The van der Waals surface area contributed by atoms with Crippen molar-refractivity contribution in [3.05, 3.63) is 51.3 Å². The molecule has 116 valence electrons. The zero-order valence-electron chi connectivity index (χ0n) is 11.4. The first-order chi connectivity index (χ1) is 10.8. The molecule has 2 aromatic rings. The average molecular weight is 315 g/mol. The minimum Gasteiger partial charge on any atom is -0.506 e. The van der Waals surface area contributed by atoms with Crippen LogP contribution in [-0.4, -0.2) is 32.6 Å². The number of amides is 2. The van der Waals surface area contributed by atoms with E-state index in [9.17, 15) is 24.3 Å². The third-order valence-corrected chi connectivity index (χ3v) is 3.42. The van der Waals surface area contributed by atoms with Gasteiger partial charge in [0.05, 0.1) is 22.4 Å². The highest BCUT2D eigenvalue weighted by Gasteiger charge is 2.32. The SMILES string of the molecule is Nc1c2c(cc(=O)n1-c1ccc(C(=O)O)cc1O)C(=O)NC2=O. The minimum absolute atomic E-state index is 0.104. The van der Waals surface area contributed by atoms with Gasteiger partial charge in [0.1, 0.15) is 11.6 Å². The molecule has 0 fully saturated rings. The molecule has 5 N–H and O–H groups in total. The lowest BCUT2D eigenvalue weighted by Gasteiger charge is -2.13. The highest BCUT2D eigenvalue weighted by molar-refractivity contribution is 6.23.